The first-order valence-electron chi connectivity index (χ1n) is 9.98. The van der Waals surface area contributed by atoms with Gasteiger partial charge < -0.3 is 9.88 Å². The number of benzene rings is 1. The summed E-state index contributed by atoms with van der Waals surface area (Å²) in [6.45, 7) is -0.336. The van der Waals surface area contributed by atoms with Gasteiger partial charge >= 0.3 is 0 Å². The molecule has 2 aliphatic rings. The van der Waals surface area contributed by atoms with E-state index in [1.165, 1.54) is 32.1 Å². The molecule has 2 aromatic rings. The third kappa shape index (κ3) is 4.79. The first kappa shape index (κ1) is 20.8. The Hall–Kier alpha value is -2.51. The highest BCUT2D eigenvalue weighted by Crippen LogP contribution is 2.33. The molecule has 1 aromatic heterocycles. The predicted octanol–water partition coefficient (Wildman–Crippen LogP) is 5.32. The van der Waals surface area contributed by atoms with Crippen LogP contribution in [0.2, 0.25) is 5.02 Å². The van der Waals surface area contributed by atoms with E-state index in [-0.39, 0.29) is 6.54 Å². The molecule has 2 heterocycles. The Labute approximate surface area is 184 Å². The van der Waals surface area contributed by atoms with Crippen LogP contribution >= 0.6 is 23.4 Å². The van der Waals surface area contributed by atoms with Gasteiger partial charge in [-0.15, -0.1) is 0 Å². The highest BCUT2D eigenvalue weighted by Gasteiger charge is 2.36. The van der Waals surface area contributed by atoms with Crippen LogP contribution in [0.25, 0.3) is 6.08 Å². The summed E-state index contributed by atoms with van der Waals surface area (Å²) in [6.07, 6.45) is 11.9. The molecular formula is C22H22ClN3O3S. The Balaban J connectivity index is 1.41. The molecule has 1 N–H and O–H groups in total. The van der Waals surface area contributed by atoms with Gasteiger partial charge in [0.15, 0.2) is 0 Å². The van der Waals surface area contributed by atoms with E-state index in [2.05, 4.69) is 9.88 Å². The minimum atomic E-state index is -0.454. The fraction of sp³-hybridized carbons (Fsp3) is 0.318. The number of carbonyl (C=O) groups is 3. The van der Waals surface area contributed by atoms with Crippen LogP contribution in [0.3, 0.4) is 0 Å². The molecule has 3 amide bonds. The number of anilines is 1. The lowest BCUT2D eigenvalue weighted by Crippen LogP contribution is -2.36. The van der Waals surface area contributed by atoms with Crippen LogP contribution in [0, 0.1) is 0 Å². The topological polar surface area (TPSA) is 71.4 Å². The van der Waals surface area contributed by atoms with Crippen molar-refractivity contribution >= 4 is 52.2 Å². The van der Waals surface area contributed by atoms with Gasteiger partial charge in [0.05, 0.1) is 4.91 Å². The number of carbonyl (C=O) groups excluding carboxylic acids is 3. The van der Waals surface area contributed by atoms with E-state index in [0.29, 0.717) is 21.7 Å². The number of hydrogen-bond donors (Lipinski definition) is 1. The maximum absolute atomic E-state index is 12.7. The lowest BCUT2D eigenvalue weighted by Gasteiger charge is -2.23. The van der Waals surface area contributed by atoms with Crippen molar-refractivity contribution in [3.8, 4) is 0 Å². The summed E-state index contributed by atoms with van der Waals surface area (Å²) in [6, 6.07) is 9.15. The average Bonchev–Trinajstić information content (AvgIpc) is 3.29. The van der Waals surface area contributed by atoms with E-state index in [0.717, 1.165) is 22.2 Å². The third-order valence-corrected chi connectivity index (χ3v) is 6.46. The van der Waals surface area contributed by atoms with Gasteiger partial charge in [-0.2, -0.15) is 0 Å². The SMILES string of the molecule is O=C(CN1C(=O)S/C(=C/c2ccn(C3CCCCC3)c2)C1=O)Nc1cccc(Cl)c1. The largest absolute Gasteiger partial charge is 0.351 e. The zero-order chi connectivity index (χ0) is 21.1. The second-order valence-electron chi connectivity index (χ2n) is 7.51. The number of rotatable bonds is 5. The summed E-state index contributed by atoms with van der Waals surface area (Å²) in [5, 5.41) is 2.70. The van der Waals surface area contributed by atoms with Crippen LogP contribution in [-0.4, -0.2) is 33.1 Å². The van der Waals surface area contributed by atoms with Crippen molar-refractivity contribution in [1.82, 2.24) is 9.47 Å². The highest BCUT2D eigenvalue weighted by molar-refractivity contribution is 8.18. The molecule has 1 aliphatic carbocycles. The van der Waals surface area contributed by atoms with E-state index in [4.69, 9.17) is 11.6 Å². The van der Waals surface area contributed by atoms with Crippen LogP contribution in [0.1, 0.15) is 43.7 Å². The number of amides is 3. The summed E-state index contributed by atoms with van der Waals surface area (Å²) in [5.74, 6) is -0.902. The molecular weight excluding hydrogens is 422 g/mol. The van der Waals surface area contributed by atoms with Crippen LogP contribution in [0.4, 0.5) is 10.5 Å². The first-order chi connectivity index (χ1) is 14.5. The van der Waals surface area contributed by atoms with Gasteiger partial charge in [-0.1, -0.05) is 36.9 Å². The molecule has 0 bridgehead atoms. The summed E-state index contributed by atoms with van der Waals surface area (Å²) >= 11 is 6.77. The van der Waals surface area contributed by atoms with E-state index in [1.807, 2.05) is 18.5 Å². The summed E-state index contributed by atoms with van der Waals surface area (Å²) in [4.78, 5) is 38.6. The van der Waals surface area contributed by atoms with Crippen molar-refractivity contribution < 1.29 is 14.4 Å². The zero-order valence-corrected chi connectivity index (χ0v) is 17.9. The number of nitrogens with one attached hydrogen (secondary N) is 1. The summed E-state index contributed by atoms with van der Waals surface area (Å²) in [7, 11) is 0. The Morgan fingerprint density at radius 1 is 1.20 bits per heavy atom. The number of hydrogen-bond acceptors (Lipinski definition) is 4. The lowest BCUT2D eigenvalue weighted by atomic mass is 9.95. The molecule has 2 fully saturated rings. The van der Waals surface area contributed by atoms with Crippen molar-refractivity contribution in [2.24, 2.45) is 0 Å². The number of nitrogens with zero attached hydrogens (tertiary/aromatic N) is 2. The number of halogens is 1. The normalized spacial score (nSPS) is 19.0. The standard InChI is InChI=1S/C22H22ClN3O3S/c23-16-5-4-6-17(12-16)24-20(27)14-26-21(28)19(30-22(26)29)11-15-9-10-25(13-15)18-7-2-1-3-8-18/h4-6,9-13,18H,1-3,7-8,14H2,(H,24,27)/b19-11+. The van der Waals surface area contributed by atoms with Gasteiger partial charge in [0.25, 0.3) is 11.1 Å². The molecule has 8 heteroatoms. The maximum Gasteiger partial charge on any atom is 0.294 e. The Morgan fingerprint density at radius 2 is 2.00 bits per heavy atom. The summed E-state index contributed by atoms with van der Waals surface area (Å²) < 4.78 is 2.20. The van der Waals surface area contributed by atoms with Crippen molar-refractivity contribution in [1.29, 1.82) is 0 Å². The van der Waals surface area contributed by atoms with E-state index in [1.54, 1.807) is 30.3 Å². The van der Waals surface area contributed by atoms with Gasteiger partial charge in [0.1, 0.15) is 6.54 Å². The Morgan fingerprint density at radius 3 is 2.77 bits per heavy atom. The number of aromatic nitrogens is 1. The quantitative estimate of drug-likeness (QED) is 0.634. The molecule has 0 radical (unpaired) electrons. The van der Waals surface area contributed by atoms with Crippen molar-refractivity contribution in [3.63, 3.8) is 0 Å². The molecule has 0 atom stereocenters. The molecule has 0 unspecified atom stereocenters. The third-order valence-electron chi connectivity index (χ3n) is 5.32. The molecule has 1 aliphatic heterocycles. The summed E-state index contributed by atoms with van der Waals surface area (Å²) in [5.41, 5.74) is 1.40. The zero-order valence-electron chi connectivity index (χ0n) is 16.3. The van der Waals surface area contributed by atoms with E-state index < -0.39 is 17.1 Å². The van der Waals surface area contributed by atoms with Crippen molar-refractivity contribution in [2.45, 2.75) is 38.1 Å². The molecule has 1 saturated heterocycles. The smallest absolute Gasteiger partial charge is 0.294 e. The number of thioether (sulfide) groups is 1. The van der Waals surface area contributed by atoms with Crippen molar-refractivity contribution in [3.05, 3.63) is 58.2 Å². The molecule has 30 heavy (non-hydrogen) atoms. The van der Waals surface area contributed by atoms with Crippen LogP contribution in [0.5, 0.6) is 0 Å². The lowest BCUT2D eigenvalue weighted by molar-refractivity contribution is -0.127. The van der Waals surface area contributed by atoms with Gasteiger partial charge in [0, 0.05) is 29.1 Å². The van der Waals surface area contributed by atoms with Crippen LogP contribution < -0.4 is 5.32 Å². The molecule has 1 aromatic carbocycles. The minimum absolute atomic E-state index is 0.331. The second kappa shape index (κ2) is 9.10. The van der Waals surface area contributed by atoms with Gasteiger partial charge in [-0.05, 0) is 60.5 Å². The second-order valence-corrected chi connectivity index (χ2v) is 8.94. The van der Waals surface area contributed by atoms with Crippen molar-refractivity contribution in [2.75, 3.05) is 11.9 Å². The van der Waals surface area contributed by atoms with E-state index in [9.17, 15) is 14.4 Å². The molecule has 4 rings (SSSR count). The average molecular weight is 444 g/mol. The van der Waals surface area contributed by atoms with Crippen LogP contribution in [-0.2, 0) is 9.59 Å². The van der Waals surface area contributed by atoms with E-state index >= 15 is 0 Å². The minimum Gasteiger partial charge on any atom is -0.351 e. The fourth-order valence-electron chi connectivity index (χ4n) is 3.82. The van der Waals surface area contributed by atoms with Gasteiger partial charge in [-0.3, -0.25) is 19.3 Å². The van der Waals surface area contributed by atoms with Crippen LogP contribution in [0.15, 0.2) is 47.6 Å². The Kier molecular flexibility index (Phi) is 6.29. The molecule has 1 saturated carbocycles. The molecule has 156 valence electrons. The molecule has 6 nitrogen and oxygen atoms in total. The predicted molar refractivity (Wildman–Crippen MR) is 119 cm³/mol. The van der Waals surface area contributed by atoms with Gasteiger partial charge in [0.2, 0.25) is 5.91 Å². The monoisotopic (exact) mass is 443 g/mol. The maximum atomic E-state index is 12.7. The fourth-order valence-corrected chi connectivity index (χ4v) is 4.85. The Bertz CT molecular complexity index is 1010. The highest BCUT2D eigenvalue weighted by atomic mass is 35.5. The first-order valence-corrected chi connectivity index (χ1v) is 11.2. The number of imide groups is 1. The molecule has 0 spiro atoms. The van der Waals surface area contributed by atoms with Gasteiger partial charge in [-0.25, -0.2) is 0 Å².